The number of nitrogens with zero attached hydrogens (tertiary/aromatic N) is 2. The fourth-order valence-electron chi connectivity index (χ4n) is 1.95. The lowest BCUT2D eigenvalue weighted by Crippen LogP contribution is -2.30. The van der Waals surface area contributed by atoms with E-state index in [1.54, 1.807) is 0 Å². The summed E-state index contributed by atoms with van der Waals surface area (Å²) in [5, 5.41) is 29.5. The Morgan fingerprint density at radius 3 is 2.47 bits per heavy atom. The molecule has 8 heteroatoms. The fraction of sp³-hybridized carbons (Fsp3) is 0.364. The first-order chi connectivity index (χ1) is 8.90. The highest BCUT2D eigenvalue weighted by atomic mass is 16.6. The number of benzene rings is 1. The molecule has 0 bridgehead atoms. The van der Waals surface area contributed by atoms with Crippen molar-refractivity contribution >= 4 is 17.3 Å². The quantitative estimate of drug-likeness (QED) is 0.371. The minimum Gasteiger partial charge on any atom is -0.398 e. The van der Waals surface area contributed by atoms with Crippen LogP contribution in [0.4, 0.5) is 11.4 Å². The number of likely N-dealkylation sites (tertiary alicyclic amines) is 1. The zero-order valence-electron chi connectivity index (χ0n) is 9.89. The van der Waals surface area contributed by atoms with Crippen molar-refractivity contribution < 1.29 is 19.9 Å². The maximum atomic E-state index is 12.1. The third-order valence-corrected chi connectivity index (χ3v) is 3.02. The molecule has 1 aliphatic heterocycles. The van der Waals surface area contributed by atoms with Gasteiger partial charge in [0.05, 0.1) is 22.7 Å². The summed E-state index contributed by atoms with van der Waals surface area (Å²) in [5.74, 6) is -0.545. The molecule has 2 unspecified atom stereocenters. The van der Waals surface area contributed by atoms with E-state index >= 15 is 0 Å². The van der Waals surface area contributed by atoms with E-state index < -0.39 is 23.0 Å². The second-order valence-electron chi connectivity index (χ2n) is 4.37. The maximum absolute atomic E-state index is 12.1. The zero-order chi connectivity index (χ0) is 14.2. The van der Waals surface area contributed by atoms with E-state index in [1.165, 1.54) is 17.0 Å². The van der Waals surface area contributed by atoms with Crippen LogP contribution in [0.15, 0.2) is 18.2 Å². The van der Waals surface area contributed by atoms with E-state index in [4.69, 9.17) is 5.73 Å². The second kappa shape index (κ2) is 4.82. The molecular formula is C11H13N3O5. The molecule has 0 spiro atoms. The topological polar surface area (TPSA) is 130 Å². The Morgan fingerprint density at radius 1 is 1.37 bits per heavy atom. The highest BCUT2D eigenvalue weighted by Crippen LogP contribution is 2.23. The molecule has 0 aliphatic carbocycles. The Kier molecular flexibility index (Phi) is 3.36. The number of nitrogen functional groups attached to an aromatic ring is 1. The second-order valence-corrected chi connectivity index (χ2v) is 4.37. The van der Waals surface area contributed by atoms with Crippen LogP contribution in [0.25, 0.3) is 0 Å². The highest BCUT2D eigenvalue weighted by molar-refractivity contribution is 6.00. The van der Waals surface area contributed by atoms with Gasteiger partial charge in [-0.05, 0) is 6.07 Å². The minimum absolute atomic E-state index is 0.00417. The number of nitro groups is 1. The first kappa shape index (κ1) is 13.2. The third kappa shape index (κ3) is 2.49. The van der Waals surface area contributed by atoms with Crippen LogP contribution in [0.5, 0.6) is 0 Å². The standard InChI is InChI=1S/C11H13N3O5/c12-8-2-1-6(14(18)19)3-7(8)11(17)13-4-9(15)10(16)5-13/h1-3,9-10,15-16H,4-5,12H2. The maximum Gasteiger partial charge on any atom is 0.270 e. The largest absolute Gasteiger partial charge is 0.398 e. The molecule has 1 aromatic rings. The zero-order valence-corrected chi connectivity index (χ0v) is 9.89. The number of nitrogens with two attached hydrogens (primary N) is 1. The molecule has 2 atom stereocenters. The lowest BCUT2D eigenvalue weighted by molar-refractivity contribution is -0.384. The van der Waals surface area contributed by atoms with Crippen LogP contribution >= 0.6 is 0 Å². The van der Waals surface area contributed by atoms with Gasteiger partial charge in [0.25, 0.3) is 11.6 Å². The lowest BCUT2D eigenvalue weighted by Gasteiger charge is -2.16. The number of aliphatic hydroxyl groups is 2. The van der Waals surface area contributed by atoms with Gasteiger partial charge in [-0.25, -0.2) is 0 Å². The molecule has 1 amide bonds. The first-order valence-corrected chi connectivity index (χ1v) is 5.59. The molecule has 1 aliphatic rings. The van der Waals surface area contributed by atoms with Gasteiger partial charge in [0.1, 0.15) is 0 Å². The van der Waals surface area contributed by atoms with Crippen LogP contribution in [0.1, 0.15) is 10.4 Å². The molecule has 1 fully saturated rings. The van der Waals surface area contributed by atoms with Crippen molar-refractivity contribution in [1.82, 2.24) is 4.90 Å². The Hall–Kier alpha value is -2.19. The number of hydrogen-bond acceptors (Lipinski definition) is 6. The average Bonchev–Trinajstić information content (AvgIpc) is 2.69. The van der Waals surface area contributed by atoms with Gasteiger partial charge < -0.3 is 20.8 Å². The number of β-amino-alcohol motifs (C(OH)–C–C–N with tert-alkyl or cyclic N) is 2. The summed E-state index contributed by atoms with van der Waals surface area (Å²) < 4.78 is 0. The number of nitro benzene ring substituents is 1. The van der Waals surface area contributed by atoms with Crippen molar-refractivity contribution in [2.45, 2.75) is 12.2 Å². The summed E-state index contributed by atoms with van der Waals surface area (Å²) in [7, 11) is 0. The van der Waals surface area contributed by atoms with E-state index in [0.29, 0.717) is 0 Å². The van der Waals surface area contributed by atoms with Crippen molar-refractivity contribution in [1.29, 1.82) is 0 Å². The smallest absolute Gasteiger partial charge is 0.270 e. The van der Waals surface area contributed by atoms with Crippen molar-refractivity contribution in [2.75, 3.05) is 18.8 Å². The molecule has 19 heavy (non-hydrogen) atoms. The molecule has 1 saturated heterocycles. The normalized spacial score (nSPS) is 22.5. The summed E-state index contributed by atoms with van der Waals surface area (Å²) in [6.45, 7) is -0.0513. The van der Waals surface area contributed by atoms with Crippen LogP contribution in [-0.4, -0.2) is 51.2 Å². The van der Waals surface area contributed by atoms with Crippen LogP contribution in [0.2, 0.25) is 0 Å². The third-order valence-electron chi connectivity index (χ3n) is 3.02. The number of hydrogen-bond donors (Lipinski definition) is 3. The molecule has 8 nitrogen and oxygen atoms in total. The Balaban J connectivity index is 2.29. The molecule has 102 valence electrons. The number of anilines is 1. The molecule has 1 aromatic carbocycles. The number of amides is 1. The van der Waals surface area contributed by atoms with Gasteiger partial charge in [0.15, 0.2) is 0 Å². The first-order valence-electron chi connectivity index (χ1n) is 5.59. The van der Waals surface area contributed by atoms with Crippen molar-refractivity contribution in [3.05, 3.63) is 33.9 Å². The highest BCUT2D eigenvalue weighted by Gasteiger charge is 2.33. The molecule has 0 saturated carbocycles. The van der Waals surface area contributed by atoms with Crippen LogP contribution in [-0.2, 0) is 0 Å². The molecule has 1 heterocycles. The molecular weight excluding hydrogens is 254 g/mol. The lowest BCUT2D eigenvalue weighted by atomic mass is 10.1. The van der Waals surface area contributed by atoms with Crippen molar-refractivity contribution in [2.24, 2.45) is 0 Å². The van der Waals surface area contributed by atoms with Gasteiger partial charge in [-0.1, -0.05) is 0 Å². The van der Waals surface area contributed by atoms with Crippen molar-refractivity contribution in [3.63, 3.8) is 0 Å². The van der Waals surface area contributed by atoms with Crippen LogP contribution in [0, 0.1) is 10.1 Å². The Morgan fingerprint density at radius 2 is 1.95 bits per heavy atom. The van der Waals surface area contributed by atoms with E-state index in [2.05, 4.69) is 0 Å². The summed E-state index contributed by atoms with van der Waals surface area (Å²) >= 11 is 0. The van der Waals surface area contributed by atoms with Gasteiger partial charge in [0, 0.05) is 30.9 Å². The molecule has 0 aromatic heterocycles. The number of non-ortho nitro benzene ring substituents is 1. The fourth-order valence-corrected chi connectivity index (χ4v) is 1.95. The van der Waals surface area contributed by atoms with E-state index in [0.717, 1.165) is 6.07 Å². The van der Waals surface area contributed by atoms with Gasteiger partial charge >= 0.3 is 0 Å². The molecule has 0 radical (unpaired) electrons. The molecule has 4 N–H and O–H groups in total. The Labute approximate surface area is 108 Å². The Bertz CT molecular complexity index is 523. The van der Waals surface area contributed by atoms with Crippen LogP contribution in [0.3, 0.4) is 0 Å². The van der Waals surface area contributed by atoms with Gasteiger partial charge in [-0.15, -0.1) is 0 Å². The number of carbonyl (C=O) groups is 1. The predicted octanol–water partition coefficient (Wildman–Crippen LogP) is -0.645. The number of aliphatic hydroxyl groups excluding tert-OH is 2. The minimum atomic E-state index is -1.01. The number of rotatable bonds is 2. The summed E-state index contributed by atoms with van der Waals surface area (Å²) in [6.07, 6.45) is -2.02. The van der Waals surface area contributed by atoms with E-state index in [9.17, 15) is 25.1 Å². The van der Waals surface area contributed by atoms with Gasteiger partial charge in [-0.3, -0.25) is 14.9 Å². The summed E-state index contributed by atoms with van der Waals surface area (Å²) in [6, 6.07) is 3.59. The van der Waals surface area contributed by atoms with E-state index in [1.807, 2.05) is 0 Å². The van der Waals surface area contributed by atoms with Gasteiger partial charge in [-0.2, -0.15) is 0 Å². The van der Waals surface area contributed by atoms with Crippen molar-refractivity contribution in [3.8, 4) is 0 Å². The summed E-state index contributed by atoms with van der Waals surface area (Å²) in [5.41, 5.74) is 5.51. The van der Waals surface area contributed by atoms with E-state index in [-0.39, 0.29) is 30.0 Å². The van der Waals surface area contributed by atoms with Crippen LogP contribution < -0.4 is 5.73 Å². The SMILES string of the molecule is Nc1ccc([N+](=O)[O-])cc1C(=O)N1CC(O)C(O)C1. The monoisotopic (exact) mass is 267 g/mol. The predicted molar refractivity (Wildman–Crippen MR) is 65.4 cm³/mol. The van der Waals surface area contributed by atoms with Gasteiger partial charge in [0.2, 0.25) is 0 Å². The molecule has 2 rings (SSSR count). The average molecular weight is 267 g/mol. The number of carbonyl (C=O) groups excluding carboxylic acids is 1. The summed E-state index contributed by atoms with van der Waals surface area (Å²) in [4.78, 5) is 23.4.